The molecule has 0 atom stereocenters. The molecule has 4 rings (SSSR count). The summed E-state index contributed by atoms with van der Waals surface area (Å²) < 4.78 is 15.3. The van der Waals surface area contributed by atoms with E-state index in [4.69, 9.17) is 0 Å². The summed E-state index contributed by atoms with van der Waals surface area (Å²) in [7, 11) is 0. The molecule has 1 aliphatic rings. The molecule has 1 aliphatic heterocycles. The van der Waals surface area contributed by atoms with Gasteiger partial charge in [0.25, 0.3) is 5.91 Å². The number of likely N-dealkylation sites (tertiary alicyclic amines) is 1. The Kier molecular flexibility index (Phi) is 4.55. The zero-order valence-corrected chi connectivity index (χ0v) is 16.2. The van der Waals surface area contributed by atoms with Gasteiger partial charge in [-0.1, -0.05) is 6.07 Å². The smallest absolute Gasteiger partial charge is 0.255 e. The molecule has 0 saturated carbocycles. The maximum atomic E-state index is 13.4. The predicted molar refractivity (Wildman–Crippen MR) is 105 cm³/mol. The van der Waals surface area contributed by atoms with Gasteiger partial charge >= 0.3 is 0 Å². The average Bonchev–Trinajstić information content (AvgIpc) is 2.92. The van der Waals surface area contributed by atoms with Crippen LogP contribution >= 0.6 is 0 Å². The number of nitrogens with one attached hydrogen (secondary N) is 1. The second-order valence-electron chi connectivity index (χ2n) is 7.41. The maximum absolute atomic E-state index is 13.4. The highest BCUT2D eigenvalue weighted by Gasteiger charge is 2.30. The number of carbonyl (C=O) groups is 1. The third-order valence-corrected chi connectivity index (χ3v) is 5.37. The summed E-state index contributed by atoms with van der Waals surface area (Å²) in [6.45, 7) is 6.97. The van der Waals surface area contributed by atoms with Crippen molar-refractivity contribution in [3.8, 4) is 0 Å². The van der Waals surface area contributed by atoms with E-state index in [1.165, 1.54) is 12.1 Å². The number of hydrogen-bond acceptors (Lipinski definition) is 4. The first-order valence-electron chi connectivity index (χ1n) is 9.29. The molecule has 0 spiro atoms. The number of rotatable bonds is 4. The molecule has 2 aromatic heterocycles. The highest BCUT2D eigenvalue weighted by molar-refractivity contribution is 5.96. The normalized spacial score (nSPS) is 14.4. The Labute approximate surface area is 162 Å². The maximum Gasteiger partial charge on any atom is 0.255 e. The Morgan fingerprint density at radius 1 is 1.29 bits per heavy atom. The number of aromatic nitrogens is 2. The van der Waals surface area contributed by atoms with Gasteiger partial charge in [-0.25, -0.2) is 9.37 Å². The minimum atomic E-state index is -0.441. The minimum absolute atomic E-state index is 0.112. The van der Waals surface area contributed by atoms with Crippen LogP contribution in [0.5, 0.6) is 0 Å². The van der Waals surface area contributed by atoms with Gasteiger partial charge < -0.3 is 19.7 Å². The number of nitrogens with zero attached hydrogens (tertiary/aromatic N) is 3. The van der Waals surface area contributed by atoms with Crippen molar-refractivity contribution >= 4 is 17.2 Å². The van der Waals surface area contributed by atoms with Crippen LogP contribution in [0.4, 0.5) is 10.1 Å². The van der Waals surface area contributed by atoms with Crippen molar-refractivity contribution in [2.24, 2.45) is 0 Å². The van der Waals surface area contributed by atoms with E-state index in [0.717, 1.165) is 33.8 Å². The largest absolute Gasteiger partial charge is 0.389 e. The Balaban J connectivity index is 1.69. The molecule has 1 amide bonds. The quantitative estimate of drug-likeness (QED) is 0.728. The lowest BCUT2D eigenvalue weighted by atomic mass is 10.1. The van der Waals surface area contributed by atoms with E-state index in [1.807, 2.05) is 25.2 Å². The van der Waals surface area contributed by atoms with Crippen LogP contribution in [-0.2, 0) is 6.54 Å². The highest BCUT2D eigenvalue weighted by Crippen LogP contribution is 2.25. The molecule has 2 N–H and O–H groups in total. The number of aryl methyl sites for hydroxylation is 3. The number of β-amino-alcohol motifs (C(OH)–C–C–N with tert-alkyl or cyclic N) is 1. The summed E-state index contributed by atoms with van der Waals surface area (Å²) in [4.78, 5) is 19.0. The number of fused-ring (bicyclic) bond motifs is 1. The van der Waals surface area contributed by atoms with Crippen molar-refractivity contribution in [2.45, 2.75) is 33.4 Å². The minimum Gasteiger partial charge on any atom is -0.389 e. The van der Waals surface area contributed by atoms with Gasteiger partial charge in [-0.3, -0.25) is 4.79 Å². The first-order chi connectivity index (χ1) is 13.3. The van der Waals surface area contributed by atoms with E-state index in [-0.39, 0.29) is 11.7 Å². The van der Waals surface area contributed by atoms with Crippen molar-refractivity contribution in [1.82, 2.24) is 14.3 Å². The third-order valence-electron chi connectivity index (χ3n) is 5.37. The van der Waals surface area contributed by atoms with E-state index in [2.05, 4.69) is 10.3 Å². The Bertz CT molecular complexity index is 1070. The lowest BCUT2D eigenvalue weighted by molar-refractivity contribution is 0.00586. The summed E-state index contributed by atoms with van der Waals surface area (Å²) in [5.74, 6) is -0.369. The van der Waals surface area contributed by atoms with Crippen LogP contribution in [0.15, 0.2) is 30.5 Å². The Morgan fingerprint density at radius 2 is 2.04 bits per heavy atom. The zero-order valence-electron chi connectivity index (χ0n) is 16.2. The highest BCUT2D eigenvalue weighted by atomic mass is 19.1. The fourth-order valence-electron chi connectivity index (χ4n) is 3.47. The summed E-state index contributed by atoms with van der Waals surface area (Å²) in [5, 5.41) is 12.9. The van der Waals surface area contributed by atoms with Crippen LogP contribution in [0.3, 0.4) is 0 Å². The number of pyridine rings is 1. The van der Waals surface area contributed by atoms with E-state index >= 15 is 0 Å². The predicted octanol–water partition coefficient (Wildman–Crippen LogP) is 2.83. The number of carbonyl (C=O) groups excluding carboxylic acids is 1. The fourth-order valence-corrected chi connectivity index (χ4v) is 3.47. The molecule has 1 fully saturated rings. The van der Waals surface area contributed by atoms with Gasteiger partial charge in [-0.05, 0) is 50.1 Å². The molecular weight excluding hydrogens is 359 g/mol. The molecule has 0 radical (unpaired) electrons. The van der Waals surface area contributed by atoms with Crippen LogP contribution in [0, 0.1) is 26.6 Å². The monoisotopic (exact) mass is 382 g/mol. The summed E-state index contributed by atoms with van der Waals surface area (Å²) >= 11 is 0. The second-order valence-corrected chi connectivity index (χ2v) is 7.41. The molecule has 146 valence electrons. The van der Waals surface area contributed by atoms with Gasteiger partial charge in [-0.15, -0.1) is 0 Å². The summed E-state index contributed by atoms with van der Waals surface area (Å²) in [6, 6.07) is 6.50. The number of halogens is 1. The molecule has 1 aromatic carbocycles. The molecular formula is C21H23FN4O2. The Morgan fingerprint density at radius 3 is 2.71 bits per heavy atom. The third kappa shape index (κ3) is 3.22. The van der Waals surface area contributed by atoms with E-state index in [1.54, 1.807) is 23.2 Å². The lowest BCUT2D eigenvalue weighted by Crippen LogP contribution is -2.53. The lowest BCUT2D eigenvalue weighted by Gasteiger charge is -2.35. The van der Waals surface area contributed by atoms with Crippen LogP contribution in [-0.4, -0.2) is 44.5 Å². The van der Waals surface area contributed by atoms with E-state index < -0.39 is 6.10 Å². The van der Waals surface area contributed by atoms with Crippen LogP contribution in [0.1, 0.15) is 32.9 Å². The van der Waals surface area contributed by atoms with Crippen molar-refractivity contribution in [3.63, 3.8) is 0 Å². The number of imidazole rings is 1. The first kappa shape index (κ1) is 18.4. The van der Waals surface area contributed by atoms with Crippen LogP contribution < -0.4 is 5.32 Å². The molecule has 0 bridgehead atoms. The van der Waals surface area contributed by atoms with Crippen molar-refractivity contribution in [3.05, 3.63) is 64.4 Å². The van der Waals surface area contributed by atoms with Crippen molar-refractivity contribution < 1.29 is 14.3 Å². The molecule has 1 saturated heterocycles. The standard InChI is InChI=1S/C21H23FN4O2/c1-12-6-17(22)5-4-15(12)8-23-19-7-16(21(28)25-10-18(27)11-25)9-26-14(3)13(2)24-20(19)26/h4-7,9,18,23,27H,8,10-11H2,1-3H3. The van der Waals surface area contributed by atoms with Gasteiger partial charge in [0, 0.05) is 31.5 Å². The number of aliphatic hydroxyl groups excluding tert-OH is 1. The molecule has 6 nitrogen and oxygen atoms in total. The molecule has 3 heterocycles. The molecule has 0 unspecified atom stereocenters. The van der Waals surface area contributed by atoms with Crippen LogP contribution in [0.2, 0.25) is 0 Å². The van der Waals surface area contributed by atoms with Gasteiger partial charge in [0.05, 0.1) is 23.0 Å². The van der Waals surface area contributed by atoms with E-state index in [0.29, 0.717) is 25.2 Å². The number of amides is 1. The number of aliphatic hydroxyl groups is 1. The molecule has 3 aromatic rings. The molecule has 28 heavy (non-hydrogen) atoms. The zero-order chi connectivity index (χ0) is 20.0. The Hall–Kier alpha value is -2.93. The van der Waals surface area contributed by atoms with Gasteiger partial charge in [0.1, 0.15) is 5.82 Å². The topological polar surface area (TPSA) is 69.9 Å². The number of anilines is 1. The number of hydrogen-bond donors (Lipinski definition) is 2. The molecule has 0 aliphatic carbocycles. The second kappa shape index (κ2) is 6.91. The van der Waals surface area contributed by atoms with Gasteiger partial charge in [-0.2, -0.15) is 0 Å². The fraction of sp³-hybridized carbons (Fsp3) is 0.333. The molecule has 7 heteroatoms. The van der Waals surface area contributed by atoms with Crippen molar-refractivity contribution in [2.75, 3.05) is 18.4 Å². The van der Waals surface area contributed by atoms with E-state index in [9.17, 15) is 14.3 Å². The van der Waals surface area contributed by atoms with Gasteiger partial charge in [0.15, 0.2) is 5.65 Å². The SMILES string of the molecule is Cc1cc(F)ccc1CNc1cc(C(=O)N2CC(O)C2)cn2c(C)c(C)nc12. The van der Waals surface area contributed by atoms with Gasteiger partial charge in [0.2, 0.25) is 0 Å². The van der Waals surface area contributed by atoms with Crippen LogP contribution in [0.25, 0.3) is 5.65 Å². The average molecular weight is 382 g/mol. The summed E-state index contributed by atoms with van der Waals surface area (Å²) in [6.07, 6.45) is 1.36. The van der Waals surface area contributed by atoms with Crippen molar-refractivity contribution in [1.29, 1.82) is 0 Å². The first-order valence-corrected chi connectivity index (χ1v) is 9.29. The number of benzene rings is 1. The summed E-state index contributed by atoms with van der Waals surface area (Å²) in [5.41, 5.74) is 5.72.